The first-order chi connectivity index (χ1) is 7.44. The first-order valence-corrected chi connectivity index (χ1v) is 5.77. The van der Waals surface area contributed by atoms with E-state index in [1.807, 2.05) is 12.1 Å². The summed E-state index contributed by atoms with van der Waals surface area (Å²) in [6.45, 7) is 5.97. The summed E-state index contributed by atoms with van der Waals surface area (Å²) in [5.41, 5.74) is 2.19. The Morgan fingerprint density at radius 1 is 1.25 bits per heavy atom. The van der Waals surface area contributed by atoms with Gasteiger partial charge in [-0.3, -0.25) is 0 Å². The van der Waals surface area contributed by atoms with Gasteiger partial charge in [-0.25, -0.2) is 0 Å². The Kier molecular flexibility index (Phi) is 4.51. The molecule has 16 heavy (non-hydrogen) atoms. The molecule has 1 aromatic rings. The predicted molar refractivity (Wildman–Crippen MR) is 66.5 cm³/mol. The zero-order valence-corrected chi connectivity index (χ0v) is 10.7. The number of methoxy groups -OCH3 is 1. The van der Waals surface area contributed by atoms with Crippen LogP contribution in [-0.4, -0.2) is 17.8 Å². The molecule has 1 unspecified atom stereocenters. The van der Waals surface area contributed by atoms with Crippen molar-refractivity contribution in [3.05, 3.63) is 35.4 Å². The van der Waals surface area contributed by atoms with Crippen LogP contribution in [0.5, 0.6) is 0 Å². The van der Waals surface area contributed by atoms with E-state index in [1.54, 1.807) is 14.0 Å². The van der Waals surface area contributed by atoms with Crippen molar-refractivity contribution in [1.29, 1.82) is 0 Å². The van der Waals surface area contributed by atoms with Gasteiger partial charge in [-0.2, -0.15) is 0 Å². The van der Waals surface area contributed by atoms with Crippen LogP contribution in [0.3, 0.4) is 0 Å². The van der Waals surface area contributed by atoms with Gasteiger partial charge < -0.3 is 9.84 Å². The highest BCUT2D eigenvalue weighted by molar-refractivity contribution is 5.24. The van der Waals surface area contributed by atoms with Gasteiger partial charge in [0.15, 0.2) is 0 Å². The zero-order chi connectivity index (χ0) is 12.2. The van der Waals surface area contributed by atoms with Crippen LogP contribution in [0, 0.1) is 0 Å². The van der Waals surface area contributed by atoms with Gasteiger partial charge >= 0.3 is 0 Å². The van der Waals surface area contributed by atoms with Crippen LogP contribution in [0.25, 0.3) is 0 Å². The Labute approximate surface area is 98.3 Å². The second-order valence-corrected chi connectivity index (χ2v) is 4.88. The van der Waals surface area contributed by atoms with E-state index in [1.165, 1.54) is 5.56 Å². The van der Waals surface area contributed by atoms with Crippen LogP contribution in [0.2, 0.25) is 0 Å². The Hall–Kier alpha value is -0.860. The summed E-state index contributed by atoms with van der Waals surface area (Å²) in [5, 5.41) is 9.39. The van der Waals surface area contributed by atoms with Gasteiger partial charge in [0.2, 0.25) is 0 Å². The van der Waals surface area contributed by atoms with E-state index in [4.69, 9.17) is 4.74 Å². The lowest BCUT2D eigenvalue weighted by molar-refractivity contribution is 0.0158. The summed E-state index contributed by atoms with van der Waals surface area (Å²) < 4.78 is 5.38. The molecule has 0 aliphatic heterocycles. The molecule has 1 atom stereocenters. The van der Waals surface area contributed by atoms with Gasteiger partial charge in [-0.15, -0.1) is 0 Å². The monoisotopic (exact) mass is 222 g/mol. The molecule has 0 saturated heterocycles. The van der Waals surface area contributed by atoms with Crippen LogP contribution in [-0.2, 0) is 11.2 Å². The van der Waals surface area contributed by atoms with E-state index in [9.17, 15) is 5.11 Å². The molecule has 90 valence electrons. The standard InChI is InChI=1S/C14H22O2/c1-11(15)13-7-5-12(6-8-13)9-10-14(2,3)16-4/h5-8,11,15H,9-10H2,1-4H3. The number of benzene rings is 1. The van der Waals surface area contributed by atoms with E-state index >= 15 is 0 Å². The van der Waals surface area contributed by atoms with Crippen LogP contribution >= 0.6 is 0 Å². The molecule has 0 aliphatic rings. The number of hydrogen-bond acceptors (Lipinski definition) is 2. The Morgan fingerprint density at radius 2 is 1.81 bits per heavy atom. The lowest BCUT2D eigenvalue weighted by Gasteiger charge is -2.22. The quantitative estimate of drug-likeness (QED) is 0.829. The predicted octanol–water partition coefficient (Wildman–Crippen LogP) is 3.10. The van der Waals surface area contributed by atoms with Crippen molar-refractivity contribution in [3.63, 3.8) is 0 Å². The van der Waals surface area contributed by atoms with Crippen LogP contribution < -0.4 is 0 Å². The molecular weight excluding hydrogens is 200 g/mol. The van der Waals surface area contributed by atoms with E-state index in [2.05, 4.69) is 26.0 Å². The first-order valence-electron chi connectivity index (χ1n) is 5.77. The van der Waals surface area contributed by atoms with Gasteiger partial charge in [-0.1, -0.05) is 24.3 Å². The summed E-state index contributed by atoms with van der Waals surface area (Å²) in [7, 11) is 1.75. The number of aryl methyl sites for hydroxylation is 1. The number of ether oxygens (including phenoxy) is 1. The topological polar surface area (TPSA) is 29.5 Å². The highest BCUT2D eigenvalue weighted by Gasteiger charge is 2.15. The maximum absolute atomic E-state index is 9.39. The fraction of sp³-hybridized carbons (Fsp3) is 0.571. The minimum Gasteiger partial charge on any atom is -0.389 e. The number of hydrogen-bond donors (Lipinski definition) is 1. The molecule has 0 saturated carbocycles. The zero-order valence-electron chi connectivity index (χ0n) is 10.7. The third-order valence-electron chi connectivity index (χ3n) is 3.03. The fourth-order valence-corrected chi connectivity index (χ4v) is 1.51. The number of aliphatic hydroxyl groups excluding tert-OH is 1. The van der Waals surface area contributed by atoms with Crippen molar-refractivity contribution in [1.82, 2.24) is 0 Å². The Balaban J connectivity index is 2.56. The maximum Gasteiger partial charge on any atom is 0.0761 e. The van der Waals surface area contributed by atoms with Gasteiger partial charge in [0.25, 0.3) is 0 Å². The van der Waals surface area contributed by atoms with Gasteiger partial charge in [0.1, 0.15) is 0 Å². The molecule has 0 heterocycles. The van der Waals surface area contributed by atoms with Crippen molar-refractivity contribution in [2.24, 2.45) is 0 Å². The second kappa shape index (κ2) is 5.46. The van der Waals surface area contributed by atoms with E-state index in [0.29, 0.717) is 0 Å². The lowest BCUT2D eigenvalue weighted by atomic mass is 9.97. The summed E-state index contributed by atoms with van der Waals surface area (Å²) >= 11 is 0. The molecule has 0 aromatic heterocycles. The Morgan fingerprint density at radius 3 is 2.25 bits per heavy atom. The number of aliphatic hydroxyl groups is 1. The highest BCUT2D eigenvalue weighted by atomic mass is 16.5. The maximum atomic E-state index is 9.39. The van der Waals surface area contributed by atoms with Gasteiger partial charge in [-0.05, 0) is 44.7 Å². The first kappa shape index (κ1) is 13.2. The van der Waals surface area contributed by atoms with E-state index < -0.39 is 0 Å². The third-order valence-corrected chi connectivity index (χ3v) is 3.03. The summed E-state index contributed by atoms with van der Waals surface area (Å²) in [4.78, 5) is 0. The summed E-state index contributed by atoms with van der Waals surface area (Å²) in [6.07, 6.45) is 1.61. The molecule has 0 spiro atoms. The number of rotatable bonds is 5. The van der Waals surface area contributed by atoms with Crippen molar-refractivity contribution < 1.29 is 9.84 Å². The summed E-state index contributed by atoms with van der Waals surface area (Å²) in [5.74, 6) is 0. The van der Waals surface area contributed by atoms with Gasteiger partial charge in [0, 0.05) is 7.11 Å². The molecule has 1 N–H and O–H groups in total. The van der Waals surface area contributed by atoms with E-state index in [0.717, 1.165) is 18.4 Å². The van der Waals surface area contributed by atoms with Crippen molar-refractivity contribution in [2.45, 2.75) is 45.3 Å². The van der Waals surface area contributed by atoms with Gasteiger partial charge in [0.05, 0.1) is 11.7 Å². The fourth-order valence-electron chi connectivity index (χ4n) is 1.51. The highest BCUT2D eigenvalue weighted by Crippen LogP contribution is 2.18. The molecular formula is C14H22O2. The molecule has 0 amide bonds. The SMILES string of the molecule is COC(C)(C)CCc1ccc(C(C)O)cc1. The molecule has 0 aliphatic carbocycles. The Bertz CT molecular complexity index is 312. The van der Waals surface area contributed by atoms with Crippen molar-refractivity contribution in [3.8, 4) is 0 Å². The second-order valence-electron chi connectivity index (χ2n) is 4.88. The molecule has 1 rings (SSSR count). The molecule has 0 bridgehead atoms. The largest absolute Gasteiger partial charge is 0.389 e. The van der Waals surface area contributed by atoms with Crippen LogP contribution in [0.1, 0.15) is 44.4 Å². The molecule has 2 nitrogen and oxygen atoms in total. The average molecular weight is 222 g/mol. The van der Waals surface area contributed by atoms with Crippen molar-refractivity contribution in [2.75, 3.05) is 7.11 Å². The smallest absolute Gasteiger partial charge is 0.0761 e. The van der Waals surface area contributed by atoms with Crippen LogP contribution in [0.15, 0.2) is 24.3 Å². The molecule has 0 fully saturated rings. The summed E-state index contributed by atoms with van der Waals surface area (Å²) in [6, 6.07) is 8.13. The average Bonchev–Trinajstić information content (AvgIpc) is 2.27. The van der Waals surface area contributed by atoms with E-state index in [-0.39, 0.29) is 11.7 Å². The molecule has 0 radical (unpaired) electrons. The minimum absolute atomic E-state index is 0.0665. The molecule has 2 heteroatoms. The van der Waals surface area contributed by atoms with Crippen molar-refractivity contribution >= 4 is 0 Å². The third kappa shape index (κ3) is 3.95. The lowest BCUT2D eigenvalue weighted by Crippen LogP contribution is -2.22. The minimum atomic E-state index is -0.385. The van der Waals surface area contributed by atoms with Crippen LogP contribution in [0.4, 0.5) is 0 Å². The molecule has 1 aromatic carbocycles. The normalized spacial score (nSPS) is 13.8.